The van der Waals surface area contributed by atoms with Crippen LogP contribution in [0.1, 0.15) is 0 Å². The molecule has 0 N–H and O–H groups in total. The van der Waals surface area contributed by atoms with Crippen LogP contribution in [0.4, 0.5) is 0 Å². The van der Waals surface area contributed by atoms with Gasteiger partial charge in [0.05, 0.1) is 12.0 Å². The Morgan fingerprint density at radius 1 is 1.42 bits per heavy atom. The SMILES string of the molecule is COC(=O)[C@@H]1SCCN1S(=O)(=O)c1ccc(Cl)cc1. The van der Waals surface area contributed by atoms with Gasteiger partial charge in [-0.15, -0.1) is 11.8 Å². The van der Waals surface area contributed by atoms with Crippen molar-refractivity contribution in [1.29, 1.82) is 0 Å². The first kappa shape index (κ1) is 14.6. The molecule has 5 nitrogen and oxygen atoms in total. The van der Waals surface area contributed by atoms with Crippen LogP contribution >= 0.6 is 23.4 Å². The van der Waals surface area contributed by atoms with Crippen LogP contribution in [0.3, 0.4) is 0 Å². The van der Waals surface area contributed by atoms with Crippen molar-refractivity contribution < 1.29 is 17.9 Å². The molecule has 0 amide bonds. The van der Waals surface area contributed by atoms with E-state index in [1.54, 1.807) is 0 Å². The highest BCUT2D eigenvalue weighted by molar-refractivity contribution is 8.02. The molecule has 2 rings (SSSR count). The first-order valence-electron chi connectivity index (χ1n) is 5.43. The average molecular weight is 322 g/mol. The highest BCUT2D eigenvalue weighted by Crippen LogP contribution is 2.31. The van der Waals surface area contributed by atoms with E-state index in [2.05, 4.69) is 4.74 Å². The van der Waals surface area contributed by atoms with Gasteiger partial charge in [-0.05, 0) is 24.3 Å². The van der Waals surface area contributed by atoms with Crippen molar-refractivity contribution >= 4 is 39.4 Å². The van der Waals surface area contributed by atoms with Gasteiger partial charge in [-0.1, -0.05) is 11.6 Å². The van der Waals surface area contributed by atoms with Crippen molar-refractivity contribution in [2.75, 3.05) is 19.4 Å². The van der Waals surface area contributed by atoms with Gasteiger partial charge in [0.25, 0.3) is 0 Å². The normalized spacial score (nSPS) is 20.4. The van der Waals surface area contributed by atoms with E-state index in [9.17, 15) is 13.2 Å². The molecule has 0 unspecified atom stereocenters. The number of sulfonamides is 1. The molecule has 1 fully saturated rings. The van der Waals surface area contributed by atoms with Gasteiger partial charge in [0.1, 0.15) is 0 Å². The molecule has 1 aromatic rings. The molecule has 1 atom stereocenters. The molecule has 0 aliphatic carbocycles. The topological polar surface area (TPSA) is 63.7 Å². The minimum Gasteiger partial charge on any atom is -0.467 e. The van der Waals surface area contributed by atoms with Crippen LogP contribution in [-0.4, -0.2) is 43.5 Å². The quantitative estimate of drug-likeness (QED) is 0.791. The smallest absolute Gasteiger partial charge is 0.334 e. The van der Waals surface area contributed by atoms with Crippen molar-refractivity contribution in [3.63, 3.8) is 0 Å². The zero-order valence-electron chi connectivity index (χ0n) is 10.1. The first-order valence-corrected chi connectivity index (χ1v) is 8.30. The van der Waals surface area contributed by atoms with Gasteiger partial charge in [-0.2, -0.15) is 4.31 Å². The maximum atomic E-state index is 12.4. The summed E-state index contributed by atoms with van der Waals surface area (Å²) in [5, 5.41) is -0.357. The Bertz CT molecular complexity index is 573. The maximum Gasteiger partial charge on any atom is 0.334 e. The van der Waals surface area contributed by atoms with E-state index >= 15 is 0 Å². The van der Waals surface area contributed by atoms with E-state index < -0.39 is 21.4 Å². The lowest BCUT2D eigenvalue weighted by molar-refractivity contribution is -0.141. The van der Waals surface area contributed by atoms with E-state index in [0.29, 0.717) is 10.8 Å². The average Bonchev–Trinajstić information content (AvgIpc) is 2.88. The lowest BCUT2D eigenvalue weighted by Gasteiger charge is -2.21. The molecule has 0 radical (unpaired) electrons. The van der Waals surface area contributed by atoms with Crippen LogP contribution in [0.2, 0.25) is 5.02 Å². The van der Waals surface area contributed by atoms with Gasteiger partial charge >= 0.3 is 5.97 Å². The molecule has 1 aromatic carbocycles. The van der Waals surface area contributed by atoms with Gasteiger partial charge in [0.2, 0.25) is 10.0 Å². The zero-order valence-corrected chi connectivity index (χ0v) is 12.5. The highest BCUT2D eigenvalue weighted by Gasteiger charge is 2.40. The number of carbonyl (C=O) groups is 1. The van der Waals surface area contributed by atoms with Crippen molar-refractivity contribution in [2.24, 2.45) is 0 Å². The molecule has 0 bridgehead atoms. The summed E-state index contributed by atoms with van der Waals surface area (Å²) in [4.78, 5) is 11.7. The lowest BCUT2D eigenvalue weighted by atomic mass is 10.4. The summed E-state index contributed by atoms with van der Waals surface area (Å²) in [6, 6.07) is 5.86. The molecular weight excluding hydrogens is 310 g/mol. The van der Waals surface area contributed by atoms with Crippen molar-refractivity contribution in [1.82, 2.24) is 4.31 Å². The van der Waals surface area contributed by atoms with Crippen LogP contribution in [0.15, 0.2) is 29.2 Å². The molecule has 1 aliphatic heterocycles. The van der Waals surface area contributed by atoms with Crippen LogP contribution in [-0.2, 0) is 19.6 Å². The predicted molar refractivity (Wildman–Crippen MR) is 73.6 cm³/mol. The largest absolute Gasteiger partial charge is 0.467 e. The number of ether oxygens (including phenoxy) is 1. The standard InChI is InChI=1S/C11H12ClNO4S2/c1-17-11(14)10-13(6-7-18-10)19(15,16)9-4-2-8(12)3-5-9/h2-5,10H,6-7H2,1H3/t10-/m0/s1. The van der Waals surface area contributed by atoms with Crippen LogP contribution in [0.5, 0.6) is 0 Å². The van der Waals surface area contributed by atoms with Crippen molar-refractivity contribution in [3.05, 3.63) is 29.3 Å². The molecule has 1 heterocycles. The Balaban J connectivity index is 2.33. The van der Waals surface area contributed by atoms with E-state index in [4.69, 9.17) is 11.6 Å². The number of esters is 1. The first-order chi connectivity index (χ1) is 8.96. The van der Waals surface area contributed by atoms with Crippen molar-refractivity contribution in [3.8, 4) is 0 Å². The minimum atomic E-state index is -3.71. The minimum absolute atomic E-state index is 0.119. The number of thioether (sulfide) groups is 1. The Labute approximate surface area is 120 Å². The Hall–Kier alpha value is -0.760. The van der Waals surface area contributed by atoms with Gasteiger partial charge in [-0.3, -0.25) is 0 Å². The van der Waals surface area contributed by atoms with Gasteiger partial charge < -0.3 is 4.74 Å². The second-order valence-corrected chi connectivity index (χ2v) is 7.33. The summed E-state index contributed by atoms with van der Waals surface area (Å²) in [6.07, 6.45) is 0. The molecule has 0 spiro atoms. The predicted octanol–water partition coefficient (Wildman–Crippen LogP) is 1.58. The van der Waals surface area contributed by atoms with E-state index in [0.717, 1.165) is 4.31 Å². The fraction of sp³-hybridized carbons (Fsp3) is 0.364. The van der Waals surface area contributed by atoms with E-state index in [-0.39, 0.29) is 11.4 Å². The molecule has 19 heavy (non-hydrogen) atoms. The molecule has 1 saturated heterocycles. The van der Waals surface area contributed by atoms with Gasteiger partial charge in [0.15, 0.2) is 5.37 Å². The number of rotatable bonds is 3. The summed E-state index contributed by atoms with van der Waals surface area (Å²) in [6.45, 7) is 0.287. The summed E-state index contributed by atoms with van der Waals surface area (Å²) in [5.41, 5.74) is 0. The third-order valence-electron chi connectivity index (χ3n) is 2.67. The second kappa shape index (κ2) is 5.70. The fourth-order valence-electron chi connectivity index (χ4n) is 1.73. The molecule has 1 aliphatic rings. The monoisotopic (exact) mass is 321 g/mol. The fourth-order valence-corrected chi connectivity index (χ4v) is 4.94. The summed E-state index contributed by atoms with van der Waals surface area (Å²) < 4.78 is 30.7. The number of halogens is 1. The molecule has 104 valence electrons. The zero-order chi connectivity index (χ0) is 14.0. The molecular formula is C11H12ClNO4S2. The number of hydrogen-bond donors (Lipinski definition) is 0. The molecule has 0 saturated carbocycles. The Morgan fingerprint density at radius 3 is 2.63 bits per heavy atom. The number of hydrogen-bond acceptors (Lipinski definition) is 5. The Kier molecular flexibility index (Phi) is 4.39. The molecule has 8 heteroatoms. The maximum absolute atomic E-state index is 12.4. The van der Waals surface area contributed by atoms with Gasteiger partial charge in [-0.25, -0.2) is 13.2 Å². The third-order valence-corrected chi connectivity index (χ3v) is 6.12. The number of carbonyl (C=O) groups excluding carboxylic acids is 1. The second-order valence-electron chi connectivity index (χ2n) is 3.82. The summed E-state index contributed by atoms with van der Waals surface area (Å²) >= 11 is 6.99. The van der Waals surface area contributed by atoms with E-state index in [1.807, 2.05) is 0 Å². The summed E-state index contributed by atoms with van der Waals surface area (Å²) in [7, 11) is -2.46. The number of benzene rings is 1. The summed E-state index contributed by atoms with van der Waals surface area (Å²) in [5.74, 6) is 0.00657. The van der Waals surface area contributed by atoms with Crippen LogP contribution in [0, 0.1) is 0 Å². The number of methoxy groups -OCH3 is 1. The highest BCUT2D eigenvalue weighted by atomic mass is 35.5. The Morgan fingerprint density at radius 2 is 2.05 bits per heavy atom. The van der Waals surface area contributed by atoms with Gasteiger partial charge in [0, 0.05) is 17.3 Å². The number of nitrogens with zero attached hydrogens (tertiary/aromatic N) is 1. The lowest BCUT2D eigenvalue weighted by Crippen LogP contribution is -2.39. The van der Waals surface area contributed by atoms with E-state index in [1.165, 1.54) is 43.1 Å². The third kappa shape index (κ3) is 2.89. The van der Waals surface area contributed by atoms with Crippen molar-refractivity contribution in [2.45, 2.75) is 10.3 Å². The molecule has 0 aromatic heterocycles. The van der Waals surface area contributed by atoms with Crippen LogP contribution in [0.25, 0.3) is 0 Å². The van der Waals surface area contributed by atoms with Crippen LogP contribution < -0.4 is 0 Å².